The van der Waals surface area contributed by atoms with Crippen molar-refractivity contribution >= 4 is 68.6 Å². The van der Waals surface area contributed by atoms with Crippen LogP contribution in [0.15, 0.2) is 45.7 Å². The summed E-state index contributed by atoms with van der Waals surface area (Å²) in [6.07, 6.45) is -2.97. The molecule has 3 rings (SSSR count). The number of hydrogen-bond donors (Lipinski definition) is 0. The van der Waals surface area contributed by atoms with Gasteiger partial charge >= 0.3 is 6.18 Å². The minimum Gasteiger partial charge on any atom is -0.451 e. The molecule has 1 saturated heterocycles. The molecule has 24 heavy (non-hydrogen) atoms. The summed E-state index contributed by atoms with van der Waals surface area (Å²) in [5.74, 6) is -0.000301. The Bertz CT molecular complexity index is 860. The van der Waals surface area contributed by atoms with Crippen molar-refractivity contribution in [2.24, 2.45) is 0 Å². The van der Waals surface area contributed by atoms with Crippen LogP contribution >= 0.6 is 46.6 Å². The van der Waals surface area contributed by atoms with Crippen molar-refractivity contribution in [2.75, 3.05) is 4.90 Å². The van der Waals surface area contributed by atoms with E-state index >= 15 is 0 Å². The third kappa shape index (κ3) is 3.52. The first kappa shape index (κ1) is 17.5. The Morgan fingerprint density at radius 3 is 2.62 bits per heavy atom. The van der Waals surface area contributed by atoms with Crippen LogP contribution in [0.1, 0.15) is 11.3 Å². The van der Waals surface area contributed by atoms with Crippen LogP contribution in [0.25, 0.3) is 6.08 Å². The van der Waals surface area contributed by atoms with E-state index in [4.69, 9.17) is 16.6 Å². The van der Waals surface area contributed by atoms with Crippen LogP contribution in [0.3, 0.4) is 0 Å². The molecule has 0 radical (unpaired) electrons. The lowest BCUT2D eigenvalue weighted by Gasteiger charge is -2.16. The van der Waals surface area contributed by atoms with Crippen molar-refractivity contribution in [3.63, 3.8) is 0 Å². The monoisotopic (exact) mass is 481 g/mol. The summed E-state index contributed by atoms with van der Waals surface area (Å²) in [6.45, 7) is 0. The highest BCUT2D eigenvalue weighted by molar-refractivity contribution is 14.1. The molecular weight excluding hydrogens is 474 g/mol. The molecule has 0 bridgehead atoms. The van der Waals surface area contributed by atoms with Crippen LogP contribution in [-0.4, -0.2) is 10.2 Å². The molecule has 1 aliphatic rings. The first-order valence-electron chi connectivity index (χ1n) is 6.46. The zero-order valence-electron chi connectivity index (χ0n) is 11.6. The van der Waals surface area contributed by atoms with Crippen molar-refractivity contribution in [1.82, 2.24) is 0 Å². The molecule has 1 amide bonds. The van der Waals surface area contributed by atoms with Crippen LogP contribution < -0.4 is 4.90 Å². The van der Waals surface area contributed by atoms with E-state index in [1.165, 1.54) is 18.2 Å². The molecule has 1 aromatic carbocycles. The SMILES string of the molecule is O=C1/C(=C\c2ccc(I)o2)SC(=S)N1c1cccc(C(F)(F)F)c1. The molecular formula is C15H7F3INO2S2. The zero-order valence-corrected chi connectivity index (χ0v) is 15.4. The lowest BCUT2D eigenvalue weighted by molar-refractivity contribution is -0.137. The molecule has 1 aromatic heterocycles. The van der Waals surface area contributed by atoms with Crippen molar-refractivity contribution in [3.05, 3.63) is 56.4 Å². The third-order valence-corrected chi connectivity index (χ3v) is 4.97. The molecule has 2 heterocycles. The van der Waals surface area contributed by atoms with E-state index in [0.717, 1.165) is 28.8 Å². The largest absolute Gasteiger partial charge is 0.451 e. The lowest BCUT2D eigenvalue weighted by atomic mass is 10.2. The van der Waals surface area contributed by atoms with Gasteiger partial charge in [-0.2, -0.15) is 13.2 Å². The smallest absolute Gasteiger partial charge is 0.416 e. The molecule has 1 fully saturated rings. The minimum atomic E-state index is -4.49. The molecule has 2 aromatic rings. The first-order chi connectivity index (χ1) is 11.3. The van der Waals surface area contributed by atoms with E-state index in [1.54, 1.807) is 12.1 Å². The average Bonchev–Trinajstić information content (AvgIpc) is 3.02. The summed E-state index contributed by atoms with van der Waals surface area (Å²) in [4.78, 5) is 13.9. The van der Waals surface area contributed by atoms with Crippen LogP contribution in [0.5, 0.6) is 0 Å². The molecule has 0 atom stereocenters. The number of hydrogen-bond acceptors (Lipinski definition) is 4. The molecule has 0 unspecified atom stereocenters. The van der Waals surface area contributed by atoms with E-state index in [0.29, 0.717) is 14.4 Å². The molecule has 0 spiro atoms. The number of carbonyl (C=O) groups excluding carboxylic acids is 1. The molecule has 1 aliphatic heterocycles. The highest BCUT2D eigenvalue weighted by atomic mass is 127. The topological polar surface area (TPSA) is 33.5 Å². The maximum absolute atomic E-state index is 12.8. The number of carbonyl (C=O) groups is 1. The number of benzene rings is 1. The van der Waals surface area contributed by atoms with Gasteiger partial charge in [-0.25, -0.2) is 0 Å². The Labute approximate surface area is 158 Å². The number of furan rings is 1. The number of nitrogens with zero attached hydrogens (tertiary/aromatic N) is 1. The number of anilines is 1. The van der Waals surface area contributed by atoms with E-state index in [9.17, 15) is 18.0 Å². The average molecular weight is 481 g/mol. The van der Waals surface area contributed by atoms with E-state index in [2.05, 4.69) is 0 Å². The Hall–Kier alpha value is -1.33. The van der Waals surface area contributed by atoms with Gasteiger partial charge in [-0.1, -0.05) is 30.0 Å². The fraction of sp³-hybridized carbons (Fsp3) is 0.0667. The van der Waals surface area contributed by atoms with E-state index in [1.807, 2.05) is 22.6 Å². The highest BCUT2D eigenvalue weighted by Gasteiger charge is 2.36. The van der Waals surface area contributed by atoms with Gasteiger partial charge in [0.05, 0.1) is 16.2 Å². The summed E-state index contributed by atoms with van der Waals surface area (Å²) in [7, 11) is 0. The van der Waals surface area contributed by atoms with Crippen LogP contribution in [0, 0.1) is 3.77 Å². The summed E-state index contributed by atoms with van der Waals surface area (Å²) in [5, 5.41) is 0. The molecule has 0 aliphatic carbocycles. The van der Waals surface area contributed by atoms with Crippen LogP contribution in [0.4, 0.5) is 18.9 Å². The van der Waals surface area contributed by atoms with Crippen molar-refractivity contribution in [2.45, 2.75) is 6.18 Å². The minimum absolute atomic E-state index is 0.0877. The van der Waals surface area contributed by atoms with Gasteiger partial charge in [0, 0.05) is 6.08 Å². The number of thiocarbonyl (C=S) groups is 1. The second-order valence-corrected chi connectivity index (χ2v) is 7.45. The van der Waals surface area contributed by atoms with Gasteiger partial charge in [0.25, 0.3) is 5.91 Å². The van der Waals surface area contributed by atoms with Gasteiger partial charge in [0.2, 0.25) is 0 Å². The summed E-state index contributed by atoms with van der Waals surface area (Å²) >= 11 is 8.16. The second kappa shape index (κ2) is 6.52. The number of amides is 1. The van der Waals surface area contributed by atoms with Gasteiger partial charge in [0.1, 0.15) is 5.76 Å². The molecule has 124 valence electrons. The van der Waals surface area contributed by atoms with Crippen LogP contribution in [0.2, 0.25) is 0 Å². The van der Waals surface area contributed by atoms with Gasteiger partial charge in [-0.15, -0.1) is 0 Å². The van der Waals surface area contributed by atoms with Gasteiger partial charge in [0.15, 0.2) is 8.09 Å². The van der Waals surface area contributed by atoms with E-state index < -0.39 is 17.6 Å². The Balaban J connectivity index is 1.94. The standard InChI is InChI=1S/C15H7F3INO2S2/c16-15(17,18)8-2-1-3-9(6-8)20-13(21)11(24-14(20)23)7-10-4-5-12(19)22-10/h1-7H/b11-7+. The lowest BCUT2D eigenvalue weighted by Crippen LogP contribution is -2.27. The molecule has 3 nitrogen and oxygen atoms in total. The Morgan fingerprint density at radius 2 is 2.00 bits per heavy atom. The first-order valence-corrected chi connectivity index (χ1v) is 8.76. The Kier molecular flexibility index (Phi) is 4.76. The second-order valence-electron chi connectivity index (χ2n) is 4.71. The predicted octanol–water partition coefficient (Wildman–Crippen LogP) is 5.31. The van der Waals surface area contributed by atoms with Gasteiger partial charge in [-0.05, 0) is 52.9 Å². The van der Waals surface area contributed by atoms with Crippen molar-refractivity contribution in [1.29, 1.82) is 0 Å². The molecule has 0 N–H and O–H groups in total. The summed E-state index contributed by atoms with van der Waals surface area (Å²) in [6, 6.07) is 7.94. The third-order valence-electron chi connectivity index (χ3n) is 3.09. The number of thioether (sulfide) groups is 1. The zero-order chi connectivity index (χ0) is 17.5. The van der Waals surface area contributed by atoms with Crippen molar-refractivity contribution in [3.8, 4) is 0 Å². The number of rotatable bonds is 2. The van der Waals surface area contributed by atoms with Crippen molar-refractivity contribution < 1.29 is 22.4 Å². The van der Waals surface area contributed by atoms with Crippen LogP contribution in [-0.2, 0) is 11.0 Å². The fourth-order valence-corrected chi connectivity index (χ4v) is 3.76. The number of halogens is 4. The molecule has 0 saturated carbocycles. The Morgan fingerprint density at radius 1 is 1.25 bits per heavy atom. The fourth-order valence-electron chi connectivity index (χ4n) is 2.05. The summed E-state index contributed by atoms with van der Waals surface area (Å²) < 4.78 is 44.7. The predicted molar refractivity (Wildman–Crippen MR) is 98.5 cm³/mol. The maximum Gasteiger partial charge on any atom is 0.416 e. The quantitative estimate of drug-likeness (QED) is 0.331. The number of alkyl halides is 3. The normalized spacial score (nSPS) is 17.2. The van der Waals surface area contributed by atoms with Gasteiger partial charge in [-0.3, -0.25) is 9.69 Å². The van der Waals surface area contributed by atoms with Gasteiger partial charge < -0.3 is 4.42 Å². The molecule has 9 heteroatoms. The maximum atomic E-state index is 12.8. The van der Waals surface area contributed by atoms with E-state index in [-0.39, 0.29) is 10.0 Å². The highest BCUT2D eigenvalue weighted by Crippen LogP contribution is 2.38. The summed E-state index contributed by atoms with van der Waals surface area (Å²) in [5.41, 5.74) is -0.747.